The summed E-state index contributed by atoms with van der Waals surface area (Å²) in [6, 6.07) is 0. The van der Waals surface area contributed by atoms with Gasteiger partial charge in [-0.1, -0.05) is 0 Å². The number of carbonyl (C=O) groups excluding carboxylic acids is 1. The Morgan fingerprint density at radius 1 is 1.71 bits per heavy atom. The van der Waals surface area contributed by atoms with Crippen LogP contribution in [0.25, 0.3) is 0 Å². The van der Waals surface area contributed by atoms with Crippen LogP contribution in [0.1, 0.15) is 30.6 Å². The first-order valence-electron chi connectivity index (χ1n) is 5.65. The zero-order chi connectivity index (χ0) is 12.5. The topological polar surface area (TPSA) is 76.4 Å². The number of hydrogen-bond acceptors (Lipinski definition) is 4. The highest BCUT2D eigenvalue weighted by Crippen LogP contribution is 2.22. The second-order valence-corrected chi connectivity index (χ2v) is 4.78. The lowest BCUT2D eigenvalue weighted by Crippen LogP contribution is -2.46. The van der Waals surface area contributed by atoms with E-state index in [0.717, 1.165) is 13.0 Å². The van der Waals surface area contributed by atoms with Gasteiger partial charge in [0, 0.05) is 13.0 Å². The number of amides is 1. The molecule has 0 fully saturated rings. The zero-order valence-electron chi connectivity index (χ0n) is 10.1. The van der Waals surface area contributed by atoms with E-state index in [1.165, 1.54) is 6.20 Å². The van der Waals surface area contributed by atoms with Crippen LogP contribution >= 0.6 is 0 Å². The van der Waals surface area contributed by atoms with Crippen LogP contribution in [-0.4, -0.2) is 39.5 Å². The van der Waals surface area contributed by atoms with Gasteiger partial charge in [-0.3, -0.25) is 4.79 Å². The maximum Gasteiger partial charge on any atom is 0.258 e. The van der Waals surface area contributed by atoms with Gasteiger partial charge in [0.25, 0.3) is 5.91 Å². The number of hydrogen-bond donors (Lipinski definition) is 2. The molecule has 1 aromatic heterocycles. The summed E-state index contributed by atoms with van der Waals surface area (Å²) in [7, 11) is 0. The number of rotatable bonds is 3. The van der Waals surface area contributed by atoms with E-state index in [2.05, 4.69) is 10.4 Å². The summed E-state index contributed by atoms with van der Waals surface area (Å²) in [5.41, 5.74) is -0.230. The molecule has 1 aromatic rings. The highest BCUT2D eigenvalue weighted by Gasteiger charge is 2.26. The fraction of sp³-hybridized carbons (Fsp3) is 0.636. The predicted molar refractivity (Wildman–Crippen MR) is 61.0 cm³/mol. The Kier molecular flexibility index (Phi) is 3.06. The first kappa shape index (κ1) is 11.9. The lowest BCUT2D eigenvalue weighted by Gasteiger charge is -2.23. The van der Waals surface area contributed by atoms with Gasteiger partial charge in [-0.25, -0.2) is 4.68 Å². The molecule has 0 radical (unpaired) electrons. The fourth-order valence-corrected chi connectivity index (χ4v) is 1.64. The van der Waals surface area contributed by atoms with Crippen molar-refractivity contribution in [2.75, 3.05) is 13.2 Å². The van der Waals surface area contributed by atoms with Crippen molar-refractivity contribution in [3.05, 3.63) is 11.8 Å². The van der Waals surface area contributed by atoms with Crippen molar-refractivity contribution in [2.45, 2.75) is 32.4 Å². The second kappa shape index (κ2) is 4.37. The Balaban J connectivity index is 2.17. The largest absolute Gasteiger partial charge is 0.477 e. The van der Waals surface area contributed by atoms with Crippen LogP contribution in [0.5, 0.6) is 5.88 Å². The molecule has 0 spiro atoms. The van der Waals surface area contributed by atoms with Crippen LogP contribution in [0.3, 0.4) is 0 Å². The molecule has 2 N–H and O–H groups in total. The molecule has 17 heavy (non-hydrogen) atoms. The Bertz CT molecular complexity index is 426. The normalized spacial score (nSPS) is 15.0. The molecular weight excluding hydrogens is 222 g/mol. The van der Waals surface area contributed by atoms with E-state index in [1.54, 1.807) is 18.5 Å². The average molecular weight is 239 g/mol. The maximum atomic E-state index is 12.0. The van der Waals surface area contributed by atoms with Gasteiger partial charge in [-0.15, -0.1) is 0 Å². The molecule has 0 aromatic carbocycles. The van der Waals surface area contributed by atoms with Gasteiger partial charge in [-0.05, 0) is 13.8 Å². The molecule has 0 atom stereocenters. The van der Waals surface area contributed by atoms with Crippen molar-refractivity contribution in [3.8, 4) is 5.88 Å². The predicted octanol–water partition coefficient (Wildman–Crippen LogP) is 0.166. The molecule has 0 saturated heterocycles. The zero-order valence-corrected chi connectivity index (χ0v) is 10.1. The summed E-state index contributed by atoms with van der Waals surface area (Å²) in [4.78, 5) is 12.0. The first-order chi connectivity index (χ1) is 8.03. The highest BCUT2D eigenvalue weighted by atomic mass is 16.5. The smallest absolute Gasteiger partial charge is 0.258 e. The van der Waals surface area contributed by atoms with Gasteiger partial charge in [0.2, 0.25) is 5.88 Å². The van der Waals surface area contributed by atoms with Gasteiger partial charge in [0.05, 0.1) is 24.9 Å². The molecular formula is C11H17N3O3. The minimum absolute atomic E-state index is 0.122. The molecule has 2 rings (SSSR count). The summed E-state index contributed by atoms with van der Waals surface area (Å²) in [6.45, 7) is 4.76. The van der Waals surface area contributed by atoms with Crippen molar-refractivity contribution >= 4 is 5.91 Å². The number of aliphatic hydroxyl groups excluding tert-OH is 1. The number of ether oxygens (including phenoxy) is 1. The van der Waals surface area contributed by atoms with Crippen molar-refractivity contribution < 1.29 is 14.6 Å². The summed E-state index contributed by atoms with van der Waals surface area (Å²) >= 11 is 0. The quantitative estimate of drug-likeness (QED) is 0.788. The summed E-state index contributed by atoms with van der Waals surface area (Å²) in [5, 5.41) is 16.0. The molecule has 1 aliphatic rings. The van der Waals surface area contributed by atoms with Crippen molar-refractivity contribution in [1.82, 2.24) is 15.1 Å². The molecule has 0 aliphatic carbocycles. The minimum Gasteiger partial charge on any atom is -0.477 e. The highest BCUT2D eigenvalue weighted by molar-refractivity contribution is 5.96. The molecule has 1 amide bonds. The van der Waals surface area contributed by atoms with E-state index >= 15 is 0 Å². The summed E-state index contributed by atoms with van der Waals surface area (Å²) in [6.07, 6.45) is 2.40. The molecule has 6 heteroatoms. The summed E-state index contributed by atoms with van der Waals surface area (Å²) in [5.74, 6) is 0.245. The van der Waals surface area contributed by atoms with Crippen LogP contribution in [0.4, 0.5) is 0 Å². The van der Waals surface area contributed by atoms with Gasteiger partial charge >= 0.3 is 0 Å². The minimum atomic E-state index is -0.652. The first-order valence-corrected chi connectivity index (χ1v) is 5.65. The van der Waals surface area contributed by atoms with Gasteiger partial charge in [-0.2, -0.15) is 5.10 Å². The van der Waals surface area contributed by atoms with E-state index in [9.17, 15) is 4.79 Å². The Morgan fingerprint density at radius 3 is 3.18 bits per heavy atom. The number of aliphatic hydroxyl groups is 1. The van der Waals surface area contributed by atoms with E-state index in [1.807, 2.05) is 0 Å². The molecule has 0 bridgehead atoms. The van der Waals surface area contributed by atoms with Crippen molar-refractivity contribution in [1.29, 1.82) is 0 Å². The number of nitrogens with one attached hydrogen (secondary N) is 1. The third-order valence-electron chi connectivity index (χ3n) is 2.64. The van der Waals surface area contributed by atoms with Crippen LogP contribution in [0, 0.1) is 0 Å². The number of carbonyl (C=O) groups is 1. The molecule has 0 unspecified atom stereocenters. The number of aromatic nitrogens is 2. The monoisotopic (exact) mass is 239 g/mol. The van der Waals surface area contributed by atoms with E-state index < -0.39 is 5.54 Å². The van der Waals surface area contributed by atoms with Crippen LogP contribution in [0.2, 0.25) is 0 Å². The van der Waals surface area contributed by atoms with E-state index in [4.69, 9.17) is 9.84 Å². The van der Waals surface area contributed by atoms with Gasteiger partial charge in [0.15, 0.2) is 0 Å². The number of aryl methyl sites for hydroxylation is 1. The van der Waals surface area contributed by atoms with Crippen LogP contribution in [0.15, 0.2) is 6.20 Å². The van der Waals surface area contributed by atoms with E-state index in [0.29, 0.717) is 18.1 Å². The lowest BCUT2D eigenvalue weighted by atomic mass is 10.1. The number of fused-ring (bicyclic) bond motifs is 1. The molecule has 2 heterocycles. The second-order valence-electron chi connectivity index (χ2n) is 4.78. The van der Waals surface area contributed by atoms with Gasteiger partial charge < -0.3 is 15.2 Å². The Morgan fingerprint density at radius 2 is 2.47 bits per heavy atom. The maximum absolute atomic E-state index is 12.0. The molecule has 94 valence electrons. The van der Waals surface area contributed by atoms with Gasteiger partial charge in [0.1, 0.15) is 5.56 Å². The third kappa shape index (κ3) is 2.41. The molecule has 0 saturated carbocycles. The molecule has 6 nitrogen and oxygen atoms in total. The SMILES string of the molecule is CC(C)(CO)NC(=O)c1cnn2c1OCCC2. The average Bonchev–Trinajstić information content (AvgIpc) is 2.72. The lowest BCUT2D eigenvalue weighted by molar-refractivity contribution is 0.0863. The molecule has 1 aliphatic heterocycles. The van der Waals surface area contributed by atoms with Crippen LogP contribution < -0.4 is 10.1 Å². The van der Waals surface area contributed by atoms with Crippen LogP contribution in [-0.2, 0) is 6.54 Å². The standard InChI is InChI=1S/C11H17N3O3/c1-11(2,7-15)13-9(16)8-6-12-14-4-3-5-17-10(8)14/h6,15H,3-5,7H2,1-2H3,(H,13,16). The fourth-order valence-electron chi connectivity index (χ4n) is 1.64. The third-order valence-corrected chi connectivity index (χ3v) is 2.64. The number of nitrogens with zero attached hydrogens (tertiary/aromatic N) is 2. The summed E-state index contributed by atoms with van der Waals surface area (Å²) < 4.78 is 7.13. The Labute approximate surface area is 99.6 Å². The van der Waals surface area contributed by atoms with E-state index in [-0.39, 0.29) is 12.5 Å². The Hall–Kier alpha value is -1.56. The van der Waals surface area contributed by atoms with Crippen molar-refractivity contribution in [2.24, 2.45) is 0 Å². The van der Waals surface area contributed by atoms with Crippen molar-refractivity contribution in [3.63, 3.8) is 0 Å².